The van der Waals surface area contributed by atoms with Crippen molar-refractivity contribution in [3.8, 4) is 11.5 Å². The first kappa shape index (κ1) is 19.0. The van der Waals surface area contributed by atoms with Crippen LogP contribution in [0.4, 0.5) is 0 Å². The van der Waals surface area contributed by atoms with Crippen LogP contribution in [0.1, 0.15) is 50.8 Å². The zero-order chi connectivity index (χ0) is 18.2. The summed E-state index contributed by atoms with van der Waals surface area (Å²) >= 11 is 1.57. The van der Waals surface area contributed by atoms with Crippen LogP contribution in [0, 0.1) is 11.8 Å². The molecule has 1 aliphatic rings. The molecule has 0 spiro atoms. The summed E-state index contributed by atoms with van der Waals surface area (Å²) < 4.78 is 5.59. The molecule has 26 heavy (non-hydrogen) atoms. The third-order valence-electron chi connectivity index (χ3n) is 5.04. The molecule has 142 valence electrons. The second-order valence-corrected chi connectivity index (χ2v) is 7.89. The summed E-state index contributed by atoms with van der Waals surface area (Å²) in [5, 5.41) is 24.4. The Morgan fingerprint density at radius 1 is 1.35 bits per heavy atom. The number of aliphatic hydroxyl groups is 1. The maximum atomic E-state index is 12.1. The molecular weight excluding hydrogens is 350 g/mol. The fraction of sp³-hybridized carbons (Fsp3) is 0.632. The van der Waals surface area contributed by atoms with Gasteiger partial charge in [0, 0.05) is 36.9 Å². The van der Waals surface area contributed by atoms with Gasteiger partial charge >= 0.3 is 0 Å². The topological polar surface area (TPSA) is 88.2 Å². The maximum absolute atomic E-state index is 12.1. The highest BCUT2D eigenvalue weighted by Gasteiger charge is 2.19. The van der Waals surface area contributed by atoms with E-state index < -0.39 is 0 Å². The summed E-state index contributed by atoms with van der Waals surface area (Å²) in [5.41, 5.74) is 0.909. The second kappa shape index (κ2) is 9.83. The largest absolute Gasteiger partial charge is 0.421 e. The van der Waals surface area contributed by atoms with E-state index in [0.717, 1.165) is 12.0 Å². The Morgan fingerprint density at radius 3 is 2.92 bits per heavy atom. The van der Waals surface area contributed by atoms with Crippen molar-refractivity contribution >= 4 is 17.2 Å². The first-order valence-corrected chi connectivity index (χ1v) is 10.4. The van der Waals surface area contributed by atoms with Crippen LogP contribution in [0.3, 0.4) is 0 Å². The fourth-order valence-electron chi connectivity index (χ4n) is 3.54. The van der Waals surface area contributed by atoms with Gasteiger partial charge in [-0.15, -0.1) is 10.2 Å². The van der Waals surface area contributed by atoms with Crippen LogP contribution in [-0.2, 0) is 11.2 Å². The molecule has 0 bridgehead atoms. The van der Waals surface area contributed by atoms with Crippen LogP contribution in [0.25, 0.3) is 11.5 Å². The molecule has 0 aromatic carbocycles. The van der Waals surface area contributed by atoms with Crippen molar-refractivity contribution in [1.82, 2.24) is 15.5 Å². The monoisotopic (exact) mass is 377 g/mol. The van der Waals surface area contributed by atoms with Gasteiger partial charge in [0.15, 0.2) is 0 Å². The highest BCUT2D eigenvalue weighted by molar-refractivity contribution is 7.08. The van der Waals surface area contributed by atoms with Gasteiger partial charge in [0.25, 0.3) is 0 Å². The van der Waals surface area contributed by atoms with Gasteiger partial charge in [0.1, 0.15) is 0 Å². The van der Waals surface area contributed by atoms with Crippen molar-refractivity contribution in [2.45, 2.75) is 51.4 Å². The number of amides is 1. The molecule has 2 aromatic rings. The Bertz CT molecular complexity index is 665. The Kier molecular flexibility index (Phi) is 7.20. The lowest BCUT2D eigenvalue weighted by Gasteiger charge is -2.25. The lowest BCUT2D eigenvalue weighted by atomic mass is 9.83. The normalized spacial score (nSPS) is 16.5. The molecule has 1 atom stereocenters. The highest BCUT2D eigenvalue weighted by atomic mass is 32.1. The van der Waals surface area contributed by atoms with Crippen LogP contribution in [0.15, 0.2) is 21.2 Å². The number of carbonyl (C=O) groups excluding carboxylic acids is 1. The molecular formula is C19H27N3O3S. The van der Waals surface area contributed by atoms with Gasteiger partial charge in [-0.25, -0.2) is 0 Å². The van der Waals surface area contributed by atoms with Crippen LogP contribution < -0.4 is 5.32 Å². The standard InChI is InChI=1S/C19H27N3O3S/c23-12-15(10-14-4-2-1-3-5-14)11-20-17(24)6-7-18-21-22-19(25-18)16-8-9-26-13-16/h8-9,13-15,23H,1-7,10-12H2,(H,20,24)/t15-/m0/s1. The van der Waals surface area contributed by atoms with Gasteiger partial charge < -0.3 is 14.8 Å². The first-order chi connectivity index (χ1) is 12.7. The van der Waals surface area contributed by atoms with E-state index in [2.05, 4.69) is 15.5 Å². The minimum atomic E-state index is -0.0395. The zero-order valence-corrected chi connectivity index (χ0v) is 15.8. The number of hydrogen-bond acceptors (Lipinski definition) is 6. The predicted molar refractivity (Wildman–Crippen MR) is 101 cm³/mol. The number of aryl methyl sites for hydroxylation is 1. The number of aliphatic hydroxyl groups excluding tert-OH is 1. The lowest BCUT2D eigenvalue weighted by molar-refractivity contribution is -0.121. The number of carbonyl (C=O) groups is 1. The van der Waals surface area contributed by atoms with Crippen molar-refractivity contribution in [3.05, 3.63) is 22.7 Å². The van der Waals surface area contributed by atoms with Crippen molar-refractivity contribution in [2.75, 3.05) is 13.2 Å². The molecule has 7 heteroatoms. The number of rotatable bonds is 9. The summed E-state index contributed by atoms with van der Waals surface area (Å²) in [4.78, 5) is 12.1. The van der Waals surface area contributed by atoms with Gasteiger partial charge in [0.2, 0.25) is 17.7 Å². The molecule has 6 nitrogen and oxygen atoms in total. The summed E-state index contributed by atoms with van der Waals surface area (Å²) in [7, 11) is 0. The van der Waals surface area contributed by atoms with E-state index in [4.69, 9.17) is 4.42 Å². The maximum Gasteiger partial charge on any atom is 0.248 e. The van der Waals surface area contributed by atoms with E-state index in [1.807, 2.05) is 16.8 Å². The summed E-state index contributed by atoms with van der Waals surface area (Å²) in [6.45, 7) is 0.667. The number of nitrogens with one attached hydrogen (secondary N) is 1. The van der Waals surface area contributed by atoms with E-state index in [0.29, 0.717) is 37.1 Å². The molecule has 0 saturated heterocycles. The van der Waals surface area contributed by atoms with Gasteiger partial charge in [-0.2, -0.15) is 11.3 Å². The Hall–Kier alpha value is -1.73. The highest BCUT2D eigenvalue weighted by Crippen LogP contribution is 2.28. The SMILES string of the molecule is O=C(CCc1nnc(-c2ccsc2)o1)NC[C@@H](CO)CC1CCCCC1. The second-order valence-electron chi connectivity index (χ2n) is 7.11. The van der Waals surface area contributed by atoms with Gasteiger partial charge in [-0.3, -0.25) is 4.79 Å². The number of hydrogen-bond donors (Lipinski definition) is 2. The van der Waals surface area contributed by atoms with E-state index >= 15 is 0 Å². The van der Waals surface area contributed by atoms with Crippen LogP contribution >= 0.6 is 11.3 Å². The van der Waals surface area contributed by atoms with Gasteiger partial charge in [-0.1, -0.05) is 32.1 Å². The summed E-state index contributed by atoms with van der Waals surface area (Å²) in [6, 6.07) is 1.93. The van der Waals surface area contributed by atoms with Gasteiger partial charge in [0.05, 0.1) is 0 Å². The minimum Gasteiger partial charge on any atom is -0.421 e. The Labute approximate surface area is 158 Å². The minimum absolute atomic E-state index is 0.0395. The van der Waals surface area contributed by atoms with E-state index in [1.54, 1.807) is 11.3 Å². The number of aromatic nitrogens is 2. The smallest absolute Gasteiger partial charge is 0.248 e. The lowest BCUT2D eigenvalue weighted by Crippen LogP contribution is -2.32. The van der Waals surface area contributed by atoms with Crippen LogP contribution in [-0.4, -0.2) is 34.4 Å². The summed E-state index contributed by atoms with van der Waals surface area (Å²) in [6.07, 6.45) is 8.19. The molecule has 3 rings (SSSR count). The number of nitrogens with zero attached hydrogens (tertiary/aromatic N) is 2. The molecule has 1 amide bonds. The molecule has 1 fully saturated rings. The average Bonchev–Trinajstić information content (AvgIpc) is 3.35. The third-order valence-corrected chi connectivity index (χ3v) is 5.72. The molecule has 0 aliphatic heterocycles. The van der Waals surface area contributed by atoms with Gasteiger partial charge in [-0.05, 0) is 29.7 Å². The zero-order valence-electron chi connectivity index (χ0n) is 15.0. The van der Waals surface area contributed by atoms with Crippen molar-refractivity contribution < 1.29 is 14.3 Å². The molecule has 2 N–H and O–H groups in total. The van der Waals surface area contributed by atoms with Crippen LogP contribution in [0.5, 0.6) is 0 Å². The van der Waals surface area contributed by atoms with E-state index in [9.17, 15) is 9.90 Å². The van der Waals surface area contributed by atoms with Crippen LogP contribution in [0.2, 0.25) is 0 Å². The Balaban J connectivity index is 1.38. The van der Waals surface area contributed by atoms with Crippen molar-refractivity contribution in [2.24, 2.45) is 11.8 Å². The Morgan fingerprint density at radius 2 is 2.19 bits per heavy atom. The summed E-state index contributed by atoms with van der Waals surface area (Å²) in [5.74, 6) is 1.78. The average molecular weight is 378 g/mol. The van der Waals surface area contributed by atoms with Crippen molar-refractivity contribution in [3.63, 3.8) is 0 Å². The first-order valence-electron chi connectivity index (χ1n) is 9.47. The fourth-order valence-corrected chi connectivity index (χ4v) is 4.17. The molecule has 0 radical (unpaired) electrons. The van der Waals surface area contributed by atoms with E-state index in [-0.39, 0.29) is 18.4 Å². The molecule has 2 aromatic heterocycles. The van der Waals surface area contributed by atoms with Crippen molar-refractivity contribution in [1.29, 1.82) is 0 Å². The molecule has 1 saturated carbocycles. The predicted octanol–water partition coefficient (Wildman–Crippen LogP) is 3.43. The molecule has 1 aliphatic carbocycles. The number of thiophene rings is 1. The quantitative estimate of drug-likeness (QED) is 0.699. The molecule has 0 unspecified atom stereocenters. The molecule has 2 heterocycles. The third kappa shape index (κ3) is 5.64. The van der Waals surface area contributed by atoms with E-state index in [1.165, 1.54) is 32.1 Å².